The summed E-state index contributed by atoms with van der Waals surface area (Å²) in [5.74, 6) is 0.502. The van der Waals surface area contributed by atoms with E-state index in [2.05, 4.69) is 5.32 Å². The smallest absolute Gasteiger partial charge is 0.287 e. The second kappa shape index (κ2) is 5.85. The van der Waals surface area contributed by atoms with Crippen molar-refractivity contribution in [3.8, 4) is 5.75 Å². The number of benzene rings is 2. The van der Waals surface area contributed by atoms with Crippen LogP contribution in [0.4, 0.5) is 4.79 Å². The predicted molar refractivity (Wildman–Crippen MR) is 85.9 cm³/mol. The van der Waals surface area contributed by atoms with Gasteiger partial charge in [0.15, 0.2) is 0 Å². The maximum absolute atomic E-state index is 12.5. The van der Waals surface area contributed by atoms with Crippen molar-refractivity contribution in [1.82, 2.24) is 5.32 Å². The first-order valence-corrected chi connectivity index (χ1v) is 7.68. The number of rotatable bonds is 4. The Hall–Kier alpha value is -2.27. The van der Waals surface area contributed by atoms with Gasteiger partial charge in [-0.1, -0.05) is 42.5 Å². The molecule has 1 atom stereocenters. The van der Waals surface area contributed by atoms with Crippen LogP contribution in [0.2, 0.25) is 0 Å². The van der Waals surface area contributed by atoms with E-state index in [1.807, 2.05) is 54.6 Å². The molecule has 1 aliphatic heterocycles. The molecule has 2 aromatic rings. The van der Waals surface area contributed by atoms with E-state index in [0.29, 0.717) is 6.42 Å². The van der Waals surface area contributed by atoms with Crippen molar-refractivity contribution < 1.29 is 14.3 Å². The molecule has 2 aromatic carbocycles. The quantitative estimate of drug-likeness (QED) is 0.942. The molecule has 1 aliphatic rings. The summed E-state index contributed by atoms with van der Waals surface area (Å²) in [4.78, 5) is 24.2. The Balaban J connectivity index is 1.99. The highest BCUT2D eigenvalue weighted by Gasteiger charge is 2.49. The first-order chi connectivity index (χ1) is 10.6. The Morgan fingerprint density at radius 3 is 2.27 bits per heavy atom. The van der Waals surface area contributed by atoms with Crippen LogP contribution in [-0.2, 0) is 16.0 Å². The molecule has 112 valence electrons. The van der Waals surface area contributed by atoms with Gasteiger partial charge in [-0.15, -0.1) is 0 Å². The van der Waals surface area contributed by atoms with E-state index in [1.165, 1.54) is 0 Å². The Bertz CT molecular complexity index is 700. The number of hydrogen-bond acceptors (Lipinski definition) is 4. The molecule has 1 fully saturated rings. The molecule has 4 nitrogen and oxygen atoms in total. The maximum atomic E-state index is 12.5. The summed E-state index contributed by atoms with van der Waals surface area (Å²) in [5, 5.41) is 2.11. The van der Waals surface area contributed by atoms with Crippen LogP contribution in [0.1, 0.15) is 11.1 Å². The van der Waals surface area contributed by atoms with Crippen LogP contribution in [-0.4, -0.2) is 18.3 Å². The zero-order valence-corrected chi connectivity index (χ0v) is 12.9. The Morgan fingerprint density at radius 1 is 1.05 bits per heavy atom. The van der Waals surface area contributed by atoms with Gasteiger partial charge in [0.25, 0.3) is 5.24 Å². The first-order valence-electron chi connectivity index (χ1n) is 6.87. The van der Waals surface area contributed by atoms with E-state index in [9.17, 15) is 9.59 Å². The minimum absolute atomic E-state index is 0.260. The predicted octanol–water partition coefficient (Wildman–Crippen LogP) is 3.12. The third-order valence-electron chi connectivity index (χ3n) is 3.70. The summed E-state index contributed by atoms with van der Waals surface area (Å²) >= 11 is 1.05. The maximum Gasteiger partial charge on any atom is 0.287 e. The third-order valence-corrected chi connectivity index (χ3v) is 4.90. The molecule has 0 bridgehead atoms. The monoisotopic (exact) mass is 313 g/mol. The third kappa shape index (κ3) is 2.60. The highest BCUT2D eigenvalue weighted by atomic mass is 32.2. The molecule has 5 heteroatoms. The normalized spacial score (nSPS) is 20.8. The van der Waals surface area contributed by atoms with E-state index < -0.39 is 4.75 Å². The molecule has 1 heterocycles. The number of carbonyl (C=O) groups is 2. The lowest BCUT2D eigenvalue weighted by Gasteiger charge is -2.25. The van der Waals surface area contributed by atoms with Gasteiger partial charge in [0.2, 0.25) is 5.91 Å². The van der Waals surface area contributed by atoms with Gasteiger partial charge < -0.3 is 4.74 Å². The Labute approximate surface area is 132 Å². The summed E-state index contributed by atoms with van der Waals surface area (Å²) < 4.78 is 4.24. The number of methoxy groups -OCH3 is 1. The minimum atomic E-state index is -0.910. The molecule has 22 heavy (non-hydrogen) atoms. The van der Waals surface area contributed by atoms with Crippen LogP contribution in [0.5, 0.6) is 5.75 Å². The second-order valence-electron chi connectivity index (χ2n) is 5.06. The van der Waals surface area contributed by atoms with Crippen LogP contribution in [0.3, 0.4) is 0 Å². The molecule has 0 radical (unpaired) electrons. The van der Waals surface area contributed by atoms with Gasteiger partial charge in [0.05, 0.1) is 7.11 Å². The van der Waals surface area contributed by atoms with E-state index in [0.717, 1.165) is 28.6 Å². The number of imide groups is 1. The molecule has 0 spiro atoms. The summed E-state index contributed by atoms with van der Waals surface area (Å²) in [6.45, 7) is 0. The van der Waals surface area contributed by atoms with Gasteiger partial charge in [-0.25, -0.2) is 0 Å². The average Bonchev–Trinajstić information content (AvgIpc) is 2.84. The van der Waals surface area contributed by atoms with Gasteiger partial charge in [0, 0.05) is 6.42 Å². The summed E-state index contributed by atoms with van der Waals surface area (Å²) in [6, 6.07) is 17.0. The lowest BCUT2D eigenvalue weighted by Crippen LogP contribution is -2.36. The SMILES string of the molecule is COc1ccc(CC2(c3ccccc3)SC(=O)NC2=O)cc1. The van der Waals surface area contributed by atoms with Crippen molar-refractivity contribution in [2.75, 3.05) is 7.11 Å². The van der Waals surface area contributed by atoms with E-state index in [-0.39, 0.29) is 11.1 Å². The molecule has 0 saturated carbocycles. The summed E-state index contributed by atoms with van der Waals surface area (Å²) in [5.41, 5.74) is 1.81. The number of nitrogens with one attached hydrogen (secondary N) is 1. The summed E-state index contributed by atoms with van der Waals surface area (Å²) in [6.07, 6.45) is 0.448. The van der Waals surface area contributed by atoms with Gasteiger partial charge in [-0.2, -0.15) is 0 Å². The van der Waals surface area contributed by atoms with Crippen molar-refractivity contribution in [3.05, 3.63) is 65.7 Å². The zero-order valence-electron chi connectivity index (χ0n) is 12.0. The standard InChI is InChI=1S/C17H15NO3S/c1-21-14-9-7-12(8-10-14)11-17(13-5-3-2-4-6-13)15(19)18-16(20)22-17/h2-10H,11H2,1H3,(H,18,19,20). The van der Waals surface area contributed by atoms with E-state index >= 15 is 0 Å². The summed E-state index contributed by atoms with van der Waals surface area (Å²) in [7, 11) is 1.61. The second-order valence-corrected chi connectivity index (χ2v) is 6.33. The fourth-order valence-electron chi connectivity index (χ4n) is 2.57. The Kier molecular flexibility index (Phi) is 3.90. The van der Waals surface area contributed by atoms with Crippen LogP contribution in [0.15, 0.2) is 54.6 Å². The minimum Gasteiger partial charge on any atom is -0.497 e. The van der Waals surface area contributed by atoms with Crippen molar-refractivity contribution >= 4 is 22.9 Å². The Morgan fingerprint density at radius 2 is 1.73 bits per heavy atom. The first kappa shape index (κ1) is 14.7. The van der Waals surface area contributed by atoms with Gasteiger partial charge in [-0.3, -0.25) is 14.9 Å². The zero-order chi connectivity index (χ0) is 15.6. The molecular weight excluding hydrogens is 298 g/mol. The lowest BCUT2D eigenvalue weighted by atomic mass is 9.90. The highest BCUT2D eigenvalue weighted by Crippen LogP contribution is 2.44. The number of ether oxygens (including phenoxy) is 1. The van der Waals surface area contributed by atoms with Crippen molar-refractivity contribution in [1.29, 1.82) is 0 Å². The van der Waals surface area contributed by atoms with Crippen LogP contribution in [0, 0.1) is 0 Å². The number of carbonyl (C=O) groups excluding carboxylic acids is 2. The van der Waals surface area contributed by atoms with Gasteiger partial charge in [-0.05, 0) is 35.0 Å². The topological polar surface area (TPSA) is 55.4 Å². The van der Waals surface area contributed by atoms with Crippen LogP contribution >= 0.6 is 11.8 Å². The fraction of sp³-hybridized carbons (Fsp3) is 0.176. The number of amides is 2. The molecule has 0 aliphatic carbocycles. The van der Waals surface area contributed by atoms with Crippen LogP contribution < -0.4 is 10.1 Å². The van der Waals surface area contributed by atoms with Crippen LogP contribution in [0.25, 0.3) is 0 Å². The van der Waals surface area contributed by atoms with E-state index in [1.54, 1.807) is 7.11 Å². The highest BCUT2D eigenvalue weighted by molar-refractivity contribution is 8.15. The fourth-order valence-corrected chi connectivity index (χ4v) is 3.67. The van der Waals surface area contributed by atoms with E-state index in [4.69, 9.17) is 4.74 Å². The molecule has 0 aromatic heterocycles. The van der Waals surface area contributed by atoms with Crippen molar-refractivity contribution in [3.63, 3.8) is 0 Å². The molecule has 1 N–H and O–H groups in total. The molecule has 3 rings (SSSR count). The number of thioether (sulfide) groups is 1. The van der Waals surface area contributed by atoms with Gasteiger partial charge >= 0.3 is 0 Å². The largest absolute Gasteiger partial charge is 0.497 e. The molecular formula is C17H15NO3S. The molecule has 1 unspecified atom stereocenters. The molecule has 1 saturated heterocycles. The average molecular weight is 313 g/mol. The van der Waals surface area contributed by atoms with Crippen molar-refractivity contribution in [2.45, 2.75) is 11.2 Å². The lowest BCUT2D eigenvalue weighted by molar-refractivity contribution is -0.121. The van der Waals surface area contributed by atoms with Crippen molar-refractivity contribution in [2.24, 2.45) is 0 Å². The molecule has 2 amide bonds. The van der Waals surface area contributed by atoms with Gasteiger partial charge in [0.1, 0.15) is 10.5 Å². The number of hydrogen-bond donors (Lipinski definition) is 1.